The van der Waals surface area contributed by atoms with Gasteiger partial charge in [-0.15, -0.1) is 0 Å². The third-order valence-electron chi connectivity index (χ3n) is 2.73. The minimum atomic E-state index is -4.67. The molecule has 1 saturated carbocycles. The molecule has 0 saturated heterocycles. The van der Waals surface area contributed by atoms with Gasteiger partial charge in [-0.05, 0) is 30.4 Å². The van der Waals surface area contributed by atoms with E-state index in [0.717, 1.165) is 25.0 Å². The summed E-state index contributed by atoms with van der Waals surface area (Å²) in [5.41, 5.74) is 2.95. The van der Waals surface area contributed by atoms with E-state index < -0.39 is 28.0 Å². The van der Waals surface area contributed by atoms with Gasteiger partial charge in [-0.25, -0.2) is 0 Å². The van der Waals surface area contributed by atoms with Crippen molar-refractivity contribution in [3.05, 3.63) is 33.4 Å². The predicted molar refractivity (Wildman–Crippen MR) is 54.5 cm³/mol. The van der Waals surface area contributed by atoms with Crippen molar-refractivity contribution in [2.75, 3.05) is 5.73 Å². The third kappa shape index (κ3) is 2.17. The van der Waals surface area contributed by atoms with Gasteiger partial charge in [0.25, 0.3) is 5.69 Å². The molecule has 0 heterocycles. The van der Waals surface area contributed by atoms with Crippen molar-refractivity contribution in [2.45, 2.75) is 24.9 Å². The highest BCUT2D eigenvalue weighted by Crippen LogP contribution is 2.46. The number of nitrogens with two attached hydrogens (primary N) is 1. The molecular formula is C10H9F3N2O2. The van der Waals surface area contributed by atoms with Gasteiger partial charge in [0, 0.05) is 6.07 Å². The summed E-state index contributed by atoms with van der Waals surface area (Å²) in [5, 5.41) is 10.7. The molecule has 2 rings (SSSR count). The molecule has 0 atom stereocenters. The van der Waals surface area contributed by atoms with Gasteiger partial charge in [-0.3, -0.25) is 10.1 Å². The number of halogens is 3. The van der Waals surface area contributed by atoms with Crippen molar-refractivity contribution in [2.24, 2.45) is 0 Å². The van der Waals surface area contributed by atoms with Crippen molar-refractivity contribution < 1.29 is 18.1 Å². The van der Waals surface area contributed by atoms with Crippen molar-refractivity contribution in [1.29, 1.82) is 0 Å². The number of nitrogens with zero attached hydrogens (tertiary/aromatic N) is 1. The summed E-state index contributed by atoms with van der Waals surface area (Å²) in [7, 11) is 0. The van der Waals surface area contributed by atoms with Gasteiger partial charge in [0.1, 0.15) is 5.69 Å². The van der Waals surface area contributed by atoms with Crippen LogP contribution in [0.1, 0.15) is 29.9 Å². The van der Waals surface area contributed by atoms with Crippen LogP contribution in [0.15, 0.2) is 12.1 Å². The summed E-state index contributed by atoms with van der Waals surface area (Å²) >= 11 is 0. The third-order valence-corrected chi connectivity index (χ3v) is 2.73. The second-order valence-electron chi connectivity index (χ2n) is 4.03. The number of hydrogen-bond acceptors (Lipinski definition) is 3. The fourth-order valence-electron chi connectivity index (χ4n) is 1.70. The Morgan fingerprint density at radius 3 is 2.35 bits per heavy atom. The highest BCUT2D eigenvalue weighted by atomic mass is 19.4. The lowest BCUT2D eigenvalue weighted by atomic mass is 10.0. The van der Waals surface area contributed by atoms with Crippen LogP contribution in [-0.4, -0.2) is 4.92 Å². The van der Waals surface area contributed by atoms with E-state index in [9.17, 15) is 23.3 Å². The van der Waals surface area contributed by atoms with Crippen LogP contribution in [0.4, 0.5) is 24.5 Å². The maximum absolute atomic E-state index is 12.7. The topological polar surface area (TPSA) is 69.2 Å². The van der Waals surface area contributed by atoms with Gasteiger partial charge in [0.2, 0.25) is 0 Å². The molecule has 1 fully saturated rings. The molecular weight excluding hydrogens is 237 g/mol. The number of anilines is 1. The summed E-state index contributed by atoms with van der Waals surface area (Å²) in [6.07, 6.45) is -3.14. The first-order chi connectivity index (χ1) is 7.80. The molecule has 92 valence electrons. The molecule has 0 bridgehead atoms. The molecule has 0 unspecified atom stereocenters. The lowest BCUT2D eigenvalue weighted by molar-refractivity contribution is -0.384. The Hall–Kier alpha value is -1.79. The summed E-state index contributed by atoms with van der Waals surface area (Å²) in [5.74, 6) is -0.00426. The van der Waals surface area contributed by atoms with E-state index in [-0.39, 0.29) is 5.92 Å². The number of nitrogen functional groups attached to an aromatic ring is 1. The molecule has 0 amide bonds. The molecule has 0 aliphatic heterocycles. The Morgan fingerprint density at radius 1 is 1.35 bits per heavy atom. The Labute approximate surface area is 94.4 Å². The van der Waals surface area contributed by atoms with Gasteiger partial charge in [-0.2, -0.15) is 13.2 Å². The van der Waals surface area contributed by atoms with E-state index in [1.807, 2.05) is 0 Å². The zero-order chi connectivity index (χ0) is 12.8. The molecule has 4 nitrogen and oxygen atoms in total. The molecule has 0 radical (unpaired) electrons. The fourth-order valence-corrected chi connectivity index (χ4v) is 1.70. The number of alkyl halides is 3. The van der Waals surface area contributed by atoms with E-state index in [1.165, 1.54) is 0 Å². The minimum absolute atomic E-state index is 0.00426. The Bertz CT molecular complexity index is 481. The summed E-state index contributed by atoms with van der Waals surface area (Å²) in [6, 6.07) is 2.06. The molecule has 1 aromatic rings. The van der Waals surface area contributed by atoms with E-state index in [1.54, 1.807) is 0 Å². The SMILES string of the molecule is Nc1c([N+](=O)[O-])cc(C2CC2)cc1C(F)(F)F. The number of hydrogen-bond donors (Lipinski definition) is 1. The second-order valence-corrected chi connectivity index (χ2v) is 4.03. The average Bonchev–Trinajstić information content (AvgIpc) is 2.99. The lowest BCUT2D eigenvalue weighted by Crippen LogP contribution is -2.11. The molecule has 1 aliphatic carbocycles. The monoisotopic (exact) mass is 246 g/mol. The number of nitro groups is 1. The first-order valence-electron chi connectivity index (χ1n) is 4.95. The minimum Gasteiger partial charge on any atom is -0.393 e. The fraction of sp³-hybridized carbons (Fsp3) is 0.400. The molecule has 0 spiro atoms. The zero-order valence-electron chi connectivity index (χ0n) is 8.62. The molecule has 1 aliphatic rings. The van der Waals surface area contributed by atoms with Crippen molar-refractivity contribution >= 4 is 11.4 Å². The van der Waals surface area contributed by atoms with Gasteiger partial charge < -0.3 is 5.73 Å². The zero-order valence-corrected chi connectivity index (χ0v) is 8.62. The summed E-state index contributed by atoms with van der Waals surface area (Å²) in [4.78, 5) is 9.78. The van der Waals surface area contributed by atoms with Crippen LogP contribution in [0.3, 0.4) is 0 Å². The van der Waals surface area contributed by atoms with Crippen LogP contribution in [0.25, 0.3) is 0 Å². The van der Waals surface area contributed by atoms with Crippen LogP contribution in [-0.2, 0) is 6.18 Å². The van der Waals surface area contributed by atoms with Gasteiger partial charge in [0.15, 0.2) is 0 Å². The number of benzene rings is 1. The maximum Gasteiger partial charge on any atom is 0.418 e. The molecule has 17 heavy (non-hydrogen) atoms. The van der Waals surface area contributed by atoms with Crippen molar-refractivity contribution in [3.8, 4) is 0 Å². The molecule has 1 aromatic carbocycles. The first kappa shape index (κ1) is 11.7. The standard InChI is InChI=1S/C10H9F3N2O2/c11-10(12,13)7-3-6(5-1-2-5)4-8(9(7)14)15(16)17/h3-5H,1-2,14H2. The maximum atomic E-state index is 12.7. The van der Waals surface area contributed by atoms with E-state index in [0.29, 0.717) is 5.56 Å². The molecule has 2 N–H and O–H groups in total. The highest BCUT2D eigenvalue weighted by molar-refractivity contribution is 5.66. The molecule has 7 heteroatoms. The summed E-state index contributed by atoms with van der Waals surface area (Å²) in [6.45, 7) is 0. The smallest absolute Gasteiger partial charge is 0.393 e. The first-order valence-corrected chi connectivity index (χ1v) is 4.95. The van der Waals surface area contributed by atoms with Gasteiger partial charge >= 0.3 is 6.18 Å². The Kier molecular flexibility index (Phi) is 2.48. The van der Waals surface area contributed by atoms with Crippen LogP contribution in [0.2, 0.25) is 0 Å². The lowest BCUT2D eigenvalue weighted by Gasteiger charge is -2.12. The van der Waals surface area contributed by atoms with Crippen LogP contribution in [0, 0.1) is 10.1 Å². The van der Waals surface area contributed by atoms with E-state index in [2.05, 4.69) is 0 Å². The van der Waals surface area contributed by atoms with Crippen LogP contribution in [0.5, 0.6) is 0 Å². The van der Waals surface area contributed by atoms with Crippen molar-refractivity contribution in [3.63, 3.8) is 0 Å². The van der Waals surface area contributed by atoms with Crippen LogP contribution >= 0.6 is 0 Å². The normalized spacial score (nSPS) is 15.9. The predicted octanol–water partition coefficient (Wildman–Crippen LogP) is 3.07. The molecule has 0 aromatic heterocycles. The average molecular weight is 246 g/mol. The van der Waals surface area contributed by atoms with Gasteiger partial charge in [-0.1, -0.05) is 0 Å². The van der Waals surface area contributed by atoms with E-state index in [4.69, 9.17) is 5.73 Å². The Morgan fingerprint density at radius 2 is 1.94 bits per heavy atom. The quantitative estimate of drug-likeness (QED) is 0.495. The van der Waals surface area contributed by atoms with Crippen LogP contribution < -0.4 is 5.73 Å². The van der Waals surface area contributed by atoms with E-state index >= 15 is 0 Å². The highest BCUT2D eigenvalue weighted by Gasteiger charge is 2.38. The van der Waals surface area contributed by atoms with Gasteiger partial charge in [0.05, 0.1) is 10.5 Å². The Balaban J connectivity index is 2.61. The number of rotatable bonds is 2. The second kappa shape index (κ2) is 3.61. The largest absolute Gasteiger partial charge is 0.418 e. The van der Waals surface area contributed by atoms with Crippen molar-refractivity contribution in [1.82, 2.24) is 0 Å². The summed E-state index contributed by atoms with van der Waals surface area (Å²) < 4.78 is 38.0. The number of nitro benzene ring substituents is 1.